The molecule has 1 fully saturated rings. The van der Waals surface area contributed by atoms with E-state index < -0.39 is 15.9 Å². The number of nitrogens with zero attached hydrogens (tertiary/aromatic N) is 1. The van der Waals surface area contributed by atoms with Gasteiger partial charge in [0.05, 0.1) is 24.8 Å². The Morgan fingerprint density at radius 2 is 1.74 bits per heavy atom. The molecule has 8 heteroatoms. The zero-order valence-electron chi connectivity index (χ0n) is 17.8. The molecule has 0 bridgehead atoms. The van der Waals surface area contributed by atoms with Crippen molar-refractivity contribution in [1.29, 1.82) is 0 Å². The summed E-state index contributed by atoms with van der Waals surface area (Å²) in [5.74, 6) is 0.680. The third-order valence-electron chi connectivity index (χ3n) is 5.15. The fourth-order valence-electron chi connectivity index (χ4n) is 3.47. The van der Waals surface area contributed by atoms with E-state index in [-0.39, 0.29) is 4.90 Å². The summed E-state index contributed by atoms with van der Waals surface area (Å²) in [6, 6.07) is 11.8. The Morgan fingerprint density at radius 3 is 2.42 bits per heavy atom. The standard InChI is InChI=1S/C23H28N2O5S/c1-29-19-9-7-8-18(16-19)10-13-23(26)24-21-17-20(11-12-22(21)30-2)31(27,28)25-14-5-3-4-6-15-25/h7-13,16-17H,3-6,14-15H2,1-2H3,(H,24,26)/b13-10+. The molecule has 31 heavy (non-hydrogen) atoms. The van der Waals surface area contributed by atoms with Gasteiger partial charge in [-0.2, -0.15) is 4.31 Å². The third-order valence-corrected chi connectivity index (χ3v) is 7.05. The maximum absolute atomic E-state index is 13.1. The minimum absolute atomic E-state index is 0.141. The molecule has 0 aromatic heterocycles. The maximum Gasteiger partial charge on any atom is 0.248 e. The first-order valence-electron chi connectivity index (χ1n) is 10.3. The molecule has 1 aliphatic rings. The number of methoxy groups -OCH3 is 2. The fraction of sp³-hybridized carbons (Fsp3) is 0.348. The smallest absolute Gasteiger partial charge is 0.248 e. The molecule has 7 nitrogen and oxygen atoms in total. The van der Waals surface area contributed by atoms with Crippen LogP contribution in [0.15, 0.2) is 53.4 Å². The van der Waals surface area contributed by atoms with Gasteiger partial charge in [0.25, 0.3) is 0 Å². The third kappa shape index (κ3) is 5.86. The average Bonchev–Trinajstić information content (AvgIpc) is 3.08. The van der Waals surface area contributed by atoms with Gasteiger partial charge in [0.2, 0.25) is 15.9 Å². The van der Waals surface area contributed by atoms with E-state index in [0.717, 1.165) is 31.2 Å². The Hall–Kier alpha value is -2.84. The lowest BCUT2D eigenvalue weighted by molar-refractivity contribution is -0.111. The van der Waals surface area contributed by atoms with Crippen LogP contribution in [0, 0.1) is 0 Å². The second-order valence-corrected chi connectivity index (χ2v) is 9.22. The van der Waals surface area contributed by atoms with Gasteiger partial charge < -0.3 is 14.8 Å². The number of nitrogens with one attached hydrogen (secondary N) is 1. The van der Waals surface area contributed by atoms with Crippen molar-refractivity contribution in [3.8, 4) is 11.5 Å². The van der Waals surface area contributed by atoms with Crippen LogP contribution < -0.4 is 14.8 Å². The molecule has 3 rings (SSSR count). The summed E-state index contributed by atoms with van der Waals surface area (Å²) in [5.41, 5.74) is 1.11. The highest BCUT2D eigenvalue weighted by atomic mass is 32.2. The maximum atomic E-state index is 13.1. The van der Waals surface area contributed by atoms with E-state index >= 15 is 0 Å². The molecule has 1 heterocycles. The van der Waals surface area contributed by atoms with E-state index in [9.17, 15) is 13.2 Å². The Bertz CT molecular complexity index is 1040. The van der Waals surface area contributed by atoms with E-state index in [2.05, 4.69) is 5.32 Å². The Morgan fingerprint density at radius 1 is 1.00 bits per heavy atom. The fourth-order valence-corrected chi connectivity index (χ4v) is 5.01. The minimum Gasteiger partial charge on any atom is -0.497 e. The first kappa shape index (κ1) is 22.8. The summed E-state index contributed by atoms with van der Waals surface area (Å²) < 4.78 is 38.2. The summed E-state index contributed by atoms with van der Waals surface area (Å²) >= 11 is 0. The second-order valence-electron chi connectivity index (χ2n) is 7.28. The summed E-state index contributed by atoms with van der Waals surface area (Å²) in [6.07, 6.45) is 6.82. The molecule has 2 aromatic carbocycles. The predicted molar refractivity (Wildman–Crippen MR) is 121 cm³/mol. The summed E-state index contributed by atoms with van der Waals surface area (Å²) in [6.45, 7) is 1.03. The van der Waals surface area contributed by atoms with Gasteiger partial charge in [-0.3, -0.25) is 4.79 Å². The van der Waals surface area contributed by atoms with E-state index in [0.29, 0.717) is 30.3 Å². The molecule has 1 amide bonds. The van der Waals surface area contributed by atoms with E-state index in [1.54, 1.807) is 25.3 Å². The number of carbonyl (C=O) groups is 1. The number of hydrogen-bond acceptors (Lipinski definition) is 5. The normalized spacial score (nSPS) is 15.4. The first-order chi connectivity index (χ1) is 14.9. The SMILES string of the molecule is COc1cccc(/C=C/C(=O)Nc2cc(S(=O)(=O)N3CCCCCC3)ccc2OC)c1. The van der Waals surface area contributed by atoms with E-state index in [4.69, 9.17) is 9.47 Å². The molecule has 166 valence electrons. The minimum atomic E-state index is -3.64. The molecule has 0 atom stereocenters. The lowest BCUT2D eigenvalue weighted by atomic mass is 10.2. The Balaban J connectivity index is 1.80. The van der Waals surface area contributed by atoms with Crippen LogP contribution >= 0.6 is 0 Å². The van der Waals surface area contributed by atoms with Crippen LogP contribution in [0.25, 0.3) is 6.08 Å². The van der Waals surface area contributed by atoms with E-state index in [1.165, 1.54) is 29.6 Å². The Kier molecular flexibility index (Phi) is 7.70. The molecular formula is C23H28N2O5S. The van der Waals surface area contributed by atoms with Crippen LogP contribution in [0.1, 0.15) is 31.2 Å². The molecule has 0 unspecified atom stereocenters. The van der Waals surface area contributed by atoms with Crippen LogP contribution in [0.5, 0.6) is 11.5 Å². The lowest BCUT2D eigenvalue weighted by Crippen LogP contribution is -2.32. The van der Waals surface area contributed by atoms with Crippen molar-refractivity contribution in [2.75, 3.05) is 32.6 Å². The number of rotatable bonds is 7. The summed E-state index contributed by atoms with van der Waals surface area (Å²) in [7, 11) is -0.587. The molecule has 0 spiro atoms. The van der Waals surface area contributed by atoms with Gasteiger partial charge in [-0.05, 0) is 54.8 Å². The highest BCUT2D eigenvalue weighted by Crippen LogP contribution is 2.30. The van der Waals surface area contributed by atoms with Crippen LogP contribution in [0.2, 0.25) is 0 Å². The number of benzene rings is 2. The van der Waals surface area contributed by atoms with E-state index in [1.807, 2.05) is 18.2 Å². The van der Waals surface area contributed by atoms with Crippen molar-refractivity contribution in [2.45, 2.75) is 30.6 Å². The van der Waals surface area contributed by atoms with Crippen LogP contribution in [0.3, 0.4) is 0 Å². The molecule has 1 saturated heterocycles. The lowest BCUT2D eigenvalue weighted by Gasteiger charge is -2.20. The van der Waals surface area contributed by atoms with Crippen LogP contribution in [0.4, 0.5) is 5.69 Å². The molecule has 2 aromatic rings. The highest BCUT2D eigenvalue weighted by Gasteiger charge is 2.26. The zero-order valence-corrected chi connectivity index (χ0v) is 18.7. The first-order valence-corrected chi connectivity index (χ1v) is 11.7. The van der Waals surface area contributed by atoms with Gasteiger partial charge >= 0.3 is 0 Å². The van der Waals surface area contributed by atoms with Crippen molar-refractivity contribution in [3.63, 3.8) is 0 Å². The van der Waals surface area contributed by atoms with Gasteiger partial charge in [0.1, 0.15) is 11.5 Å². The second kappa shape index (κ2) is 10.5. The Labute approximate surface area is 183 Å². The highest BCUT2D eigenvalue weighted by molar-refractivity contribution is 7.89. The number of hydrogen-bond donors (Lipinski definition) is 1. The van der Waals surface area contributed by atoms with Crippen LogP contribution in [-0.4, -0.2) is 45.9 Å². The monoisotopic (exact) mass is 444 g/mol. The van der Waals surface area contributed by atoms with Gasteiger partial charge in [0.15, 0.2) is 0 Å². The molecular weight excluding hydrogens is 416 g/mol. The number of carbonyl (C=O) groups excluding carboxylic acids is 1. The molecule has 0 radical (unpaired) electrons. The van der Waals surface area contributed by atoms with Gasteiger partial charge in [-0.15, -0.1) is 0 Å². The predicted octanol–water partition coefficient (Wildman–Crippen LogP) is 3.92. The number of sulfonamides is 1. The number of ether oxygens (including phenoxy) is 2. The average molecular weight is 445 g/mol. The number of anilines is 1. The van der Waals surface area contributed by atoms with Crippen molar-refractivity contribution in [1.82, 2.24) is 4.31 Å². The number of amides is 1. The van der Waals surface area contributed by atoms with Crippen LogP contribution in [-0.2, 0) is 14.8 Å². The quantitative estimate of drug-likeness (QED) is 0.655. The van der Waals surface area contributed by atoms with Gasteiger partial charge in [-0.1, -0.05) is 25.0 Å². The molecule has 1 aliphatic heterocycles. The zero-order chi connectivity index (χ0) is 22.3. The van der Waals surface area contributed by atoms with Crippen molar-refractivity contribution >= 4 is 27.7 Å². The topological polar surface area (TPSA) is 84.9 Å². The molecule has 0 aliphatic carbocycles. The van der Waals surface area contributed by atoms with Crippen molar-refractivity contribution < 1.29 is 22.7 Å². The summed E-state index contributed by atoms with van der Waals surface area (Å²) in [4.78, 5) is 12.6. The van der Waals surface area contributed by atoms with Gasteiger partial charge in [-0.25, -0.2) is 8.42 Å². The van der Waals surface area contributed by atoms with Crippen molar-refractivity contribution in [2.24, 2.45) is 0 Å². The molecule has 0 saturated carbocycles. The van der Waals surface area contributed by atoms with Gasteiger partial charge in [0, 0.05) is 19.2 Å². The largest absolute Gasteiger partial charge is 0.497 e. The summed E-state index contributed by atoms with van der Waals surface area (Å²) in [5, 5.41) is 2.72. The molecule has 1 N–H and O–H groups in total. The van der Waals surface area contributed by atoms with Crippen molar-refractivity contribution in [3.05, 3.63) is 54.1 Å².